The van der Waals surface area contributed by atoms with Crippen molar-refractivity contribution in [2.24, 2.45) is 0 Å². The van der Waals surface area contributed by atoms with Crippen LogP contribution in [0.15, 0.2) is 18.2 Å². The number of esters is 2. The maximum absolute atomic E-state index is 12.4. The van der Waals surface area contributed by atoms with Gasteiger partial charge in [0, 0.05) is 6.42 Å². The van der Waals surface area contributed by atoms with E-state index >= 15 is 0 Å². The summed E-state index contributed by atoms with van der Waals surface area (Å²) < 4.78 is 50.4. The average Bonchev–Trinajstić information content (AvgIpc) is 2.43. The molecule has 1 aromatic carbocycles. The van der Waals surface area contributed by atoms with E-state index < -0.39 is 24.1 Å². The fourth-order valence-electron chi connectivity index (χ4n) is 1.81. The van der Waals surface area contributed by atoms with Gasteiger partial charge in [-0.3, -0.25) is 4.79 Å². The third kappa shape index (κ3) is 7.03. The molecule has 128 valence electrons. The van der Waals surface area contributed by atoms with Crippen LogP contribution in [0.2, 0.25) is 0 Å². The van der Waals surface area contributed by atoms with Crippen molar-refractivity contribution in [1.29, 1.82) is 0 Å². The highest BCUT2D eigenvalue weighted by atomic mass is 19.4. The highest BCUT2D eigenvalue weighted by Crippen LogP contribution is 2.26. The monoisotopic (exact) mass is 334 g/mol. The minimum atomic E-state index is -4.88. The van der Waals surface area contributed by atoms with Gasteiger partial charge in [0.15, 0.2) is 0 Å². The predicted octanol–water partition coefficient (Wildman–Crippen LogP) is 3.26. The topological polar surface area (TPSA) is 61.8 Å². The van der Waals surface area contributed by atoms with Crippen molar-refractivity contribution in [1.82, 2.24) is 0 Å². The fourth-order valence-corrected chi connectivity index (χ4v) is 1.81. The van der Waals surface area contributed by atoms with Gasteiger partial charge >= 0.3 is 18.3 Å². The molecule has 0 aliphatic heterocycles. The third-order valence-corrected chi connectivity index (χ3v) is 2.63. The lowest BCUT2D eigenvalue weighted by molar-refractivity contribution is -0.274. The molecule has 1 aromatic rings. The second-order valence-electron chi connectivity index (χ2n) is 4.44. The largest absolute Gasteiger partial charge is 0.573 e. The van der Waals surface area contributed by atoms with Crippen LogP contribution in [0.5, 0.6) is 5.75 Å². The average molecular weight is 334 g/mol. The molecule has 0 spiro atoms. The summed E-state index contributed by atoms with van der Waals surface area (Å²) >= 11 is 0. The van der Waals surface area contributed by atoms with Gasteiger partial charge in [0.05, 0.1) is 18.8 Å². The molecule has 0 aliphatic carbocycles. The molecule has 0 radical (unpaired) electrons. The van der Waals surface area contributed by atoms with Gasteiger partial charge in [0.1, 0.15) is 5.75 Å². The number of benzene rings is 1. The maximum Gasteiger partial charge on any atom is 0.573 e. The molecule has 0 bridgehead atoms. The number of hydrogen-bond donors (Lipinski definition) is 0. The number of carbonyl (C=O) groups is 2. The molecule has 0 aromatic heterocycles. The van der Waals surface area contributed by atoms with Gasteiger partial charge in [0.2, 0.25) is 0 Å². The molecule has 8 heteroatoms. The fraction of sp³-hybridized carbons (Fsp3) is 0.467. The Kier molecular flexibility index (Phi) is 6.87. The Morgan fingerprint density at radius 2 is 1.70 bits per heavy atom. The van der Waals surface area contributed by atoms with Crippen molar-refractivity contribution in [2.45, 2.75) is 33.1 Å². The van der Waals surface area contributed by atoms with Crippen molar-refractivity contribution >= 4 is 11.9 Å². The number of halogens is 3. The van der Waals surface area contributed by atoms with E-state index in [1.807, 2.05) is 0 Å². The Bertz CT molecular complexity index is 555. The Morgan fingerprint density at radius 1 is 1.04 bits per heavy atom. The maximum atomic E-state index is 12.4. The molecule has 0 atom stereocenters. The Labute approximate surface area is 131 Å². The van der Waals surface area contributed by atoms with E-state index in [0.29, 0.717) is 5.56 Å². The van der Waals surface area contributed by atoms with Crippen molar-refractivity contribution in [3.63, 3.8) is 0 Å². The molecule has 0 N–H and O–H groups in total. The van der Waals surface area contributed by atoms with Crippen LogP contribution in [0.4, 0.5) is 13.2 Å². The lowest BCUT2D eigenvalue weighted by Crippen LogP contribution is -2.18. The van der Waals surface area contributed by atoms with E-state index in [9.17, 15) is 22.8 Å². The zero-order valence-corrected chi connectivity index (χ0v) is 12.7. The molecular weight excluding hydrogens is 317 g/mol. The van der Waals surface area contributed by atoms with Gasteiger partial charge in [-0.2, -0.15) is 0 Å². The van der Waals surface area contributed by atoms with E-state index in [-0.39, 0.29) is 31.6 Å². The van der Waals surface area contributed by atoms with E-state index in [1.54, 1.807) is 13.8 Å². The van der Waals surface area contributed by atoms with E-state index in [2.05, 4.69) is 4.74 Å². The standard InChI is InChI=1S/C15H17F3O5/c1-3-21-13(19)6-5-10-7-11(14(20)22-4-2)9-12(8-10)23-15(16,17)18/h7-9H,3-6H2,1-2H3. The summed E-state index contributed by atoms with van der Waals surface area (Å²) in [6, 6.07) is 3.43. The van der Waals surface area contributed by atoms with Crippen molar-refractivity contribution in [3.8, 4) is 5.75 Å². The second-order valence-corrected chi connectivity index (χ2v) is 4.44. The van der Waals surface area contributed by atoms with Gasteiger partial charge in [-0.15, -0.1) is 13.2 Å². The van der Waals surface area contributed by atoms with Crippen molar-refractivity contribution in [3.05, 3.63) is 29.3 Å². The summed E-state index contributed by atoms with van der Waals surface area (Å²) in [5.41, 5.74) is 0.260. The lowest BCUT2D eigenvalue weighted by atomic mass is 10.1. The van der Waals surface area contributed by atoms with Gasteiger partial charge in [-0.05, 0) is 44.0 Å². The van der Waals surface area contributed by atoms with Crippen LogP contribution >= 0.6 is 0 Å². The summed E-state index contributed by atoms with van der Waals surface area (Å²) in [5, 5.41) is 0. The van der Waals surface area contributed by atoms with E-state index in [4.69, 9.17) is 9.47 Å². The first-order chi connectivity index (χ1) is 10.7. The van der Waals surface area contributed by atoms with E-state index in [1.165, 1.54) is 6.07 Å². The molecule has 23 heavy (non-hydrogen) atoms. The zero-order chi connectivity index (χ0) is 17.5. The molecule has 0 aliphatic rings. The number of ether oxygens (including phenoxy) is 3. The zero-order valence-electron chi connectivity index (χ0n) is 12.7. The van der Waals surface area contributed by atoms with Crippen LogP contribution in [-0.4, -0.2) is 31.5 Å². The van der Waals surface area contributed by atoms with E-state index in [0.717, 1.165) is 12.1 Å². The van der Waals surface area contributed by atoms with Crippen LogP contribution in [0.25, 0.3) is 0 Å². The van der Waals surface area contributed by atoms with Gasteiger partial charge < -0.3 is 14.2 Å². The Hall–Kier alpha value is -2.25. The molecule has 0 amide bonds. The summed E-state index contributed by atoms with van der Waals surface area (Å²) in [4.78, 5) is 23.0. The molecule has 0 unspecified atom stereocenters. The quantitative estimate of drug-likeness (QED) is 0.716. The first-order valence-electron chi connectivity index (χ1n) is 6.97. The highest BCUT2D eigenvalue weighted by Gasteiger charge is 2.31. The summed E-state index contributed by atoms with van der Waals surface area (Å²) in [7, 11) is 0. The molecule has 5 nitrogen and oxygen atoms in total. The van der Waals surface area contributed by atoms with Crippen LogP contribution in [0.1, 0.15) is 36.2 Å². The van der Waals surface area contributed by atoms with Gasteiger partial charge in [0.25, 0.3) is 0 Å². The molecule has 0 saturated heterocycles. The SMILES string of the molecule is CCOC(=O)CCc1cc(OC(F)(F)F)cc(C(=O)OCC)c1. The normalized spacial score (nSPS) is 11.0. The lowest BCUT2D eigenvalue weighted by Gasteiger charge is -2.12. The molecule has 0 saturated carbocycles. The smallest absolute Gasteiger partial charge is 0.466 e. The van der Waals surface area contributed by atoms with Gasteiger partial charge in [-0.25, -0.2) is 4.79 Å². The van der Waals surface area contributed by atoms with Crippen LogP contribution in [0, 0.1) is 0 Å². The Balaban J connectivity index is 2.98. The number of aryl methyl sites for hydroxylation is 1. The third-order valence-electron chi connectivity index (χ3n) is 2.63. The summed E-state index contributed by atoms with van der Waals surface area (Å²) in [6.45, 7) is 3.52. The van der Waals surface area contributed by atoms with Gasteiger partial charge in [-0.1, -0.05) is 0 Å². The minimum absolute atomic E-state index is 0.0222. The summed E-state index contributed by atoms with van der Waals surface area (Å²) in [6.07, 6.45) is -4.79. The molecule has 0 fully saturated rings. The number of hydrogen-bond acceptors (Lipinski definition) is 5. The predicted molar refractivity (Wildman–Crippen MR) is 74.0 cm³/mol. The first-order valence-corrected chi connectivity index (χ1v) is 6.97. The van der Waals surface area contributed by atoms with Crippen molar-refractivity contribution in [2.75, 3.05) is 13.2 Å². The van der Waals surface area contributed by atoms with Crippen LogP contribution in [-0.2, 0) is 20.7 Å². The van der Waals surface area contributed by atoms with Crippen LogP contribution < -0.4 is 4.74 Å². The molecular formula is C15H17F3O5. The second kappa shape index (κ2) is 8.40. The summed E-state index contributed by atoms with van der Waals surface area (Å²) in [5.74, 6) is -1.79. The molecule has 1 rings (SSSR count). The van der Waals surface area contributed by atoms with Crippen molar-refractivity contribution < 1.29 is 37.0 Å². The minimum Gasteiger partial charge on any atom is -0.466 e. The molecule has 0 heterocycles. The van der Waals surface area contributed by atoms with Crippen LogP contribution in [0.3, 0.4) is 0 Å². The number of carbonyl (C=O) groups excluding carboxylic acids is 2. The Morgan fingerprint density at radius 3 is 2.26 bits per heavy atom. The number of rotatable bonds is 7. The highest BCUT2D eigenvalue weighted by molar-refractivity contribution is 5.90. The number of alkyl halides is 3. The first kappa shape index (κ1) is 18.8.